The van der Waals surface area contributed by atoms with Gasteiger partial charge in [0.1, 0.15) is 11.6 Å². The quantitative estimate of drug-likeness (QED) is 0.645. The fourth-order valence-corrected chi connectivity index (χ4v) is 2.59. The molecule has 7 heteroatoms. The van der Waals surface area contributed by atoms with Crippen LogP contribution in [0.5, 0.6) is 11.5 Å². The molecule has 2 N–H and O–H groups in total. The molecule has 0 spiro atoms. The molecule has 0 bridgehead atoms. The fraction of sp³-hybridized carbons (Fsp3) is 0.143. The van der Waals surface area contributed by atoms with Crippen LogP contribution in [0.25, 0.3) is 0 Å². The van der Waals surface area contributed by atoms with Crippen molar-refractivity contribution in [1.29, 1.82) is 0 Å². The van der Waals surface area contributed by atoms with Crippen molar-refractivity contribution < 1.29 is 18.7 Å². The Kier molecular flexibility index (Phi) is 6.06. The molecule has 0 aliphatic rings. The average molecular weight is 381 g/mol. The number of methoxy groups -OCH3 is 2. The minimum absolute atomic E-state index is 0.234. The standard InChI is InChI=1S/C21H20FN3O3/c1-27-18-8-6-14(10-19(18)28-2)12-23-17-7-9-20(24-13-17)25-21(26)15-4-3-5-16(22)11-15/h3-11,13,23H,12H2,1-2H3,(H,24,25,26). The number of ether oxygens (including phenoxy) is 2. The van der Waals surface area contributed by atoms with Crippen molar-refractivity contribution in [2.75, 3.05) is 24.9 Å². The first-order valence-corrected chi connectivity index (χ1v) is 8.57. The van der Waals surface area contributed by atoms with Crippen molar-refractivity contribution in [3.05, 3.63) is 77.7 Å². The SMILES string of the molecule is COc1ccc(CNc2ccc(NC(=O)c3cccc(F)c3)nc2)cc1OC. The van der Waals surface area contributed by atoms with Gasteiger partial charge in [0, 0.05) is 12.1 Å². The summed E-state index contributed by atoms with van der Waals surface area (Å²) in [5.74, 6) is 0.834. The van der Waals surface area contributed by atoms with E-state index in [1.807, 2.05) is 18.2 Å². The van der Waals surface area contributed by atoms with Crippen molar-refractivity contribution in [3.63, 3.8) is 0 Å². The van der Waals surface area contributed by atoms with Gasteiger partial charge >= 0.3 is 0 Å². The van der Waals surface area contributed by atoms with Crippen molar-refractivity contribution in [2.45, 2.75) is 6.54 Å². The summed E-state index contributed by atoms with van der Waals surface area (Å²) in [6.07, 6.45) is 1.61. The summed E-state index contributed by atoms with van der Waals surface area (Å²) in [4.78, 5) is 16.3. The normalized spacial score (nSPS) is 10.2. The van der Waals surface area contributed by atoms with Gasteiger partial charge in [0.25, 0.3) is 5.91 Å². The zero-order chi connectivity index (χ0) is 19.9. The van der Waals surface area contributed by atoms with Crippen molar-refractivity contribution >= 4 is 17.4 Å². The smallest absolute Gasteiger partial charge is 0.256 e. The lowest BCUT2D eigenvalue weighted by Crippen LogP contribution is -2.13. The number of halogens is 1. The predicted octanol–water partition coefficient (Wildman–Crippen LogP) is 4.10. The maximum atomic E-state index is 13.2. The van der Waals surface area contributed by atoms with Gasteiger partial charge in [-0.25, -0.2) is 9.37 Å². The highest BCUT2D eigenvalue weighted by Crippen LogP contribution is 2.27. The molecule has 144 valence electrons. The molecule has 1 heterocycles. The lowest BCUT2D eigenvalue weighted by molar-refractivity contribution is 0.102. The Bertz CT molecular complexity index is 961. The van der Waals surface area contributed by atoms with Gasteiger partial charge < -0.3 is 20.1 Å². The number of hydrogen-bond donors (Lipinski definition) is 2. The molecule has 0 aliphatic heterocycles. The third-order valence-corrected chi connectivity index (χ3v) is 4.04. The van der Waals surface area contributed by atoms with Crippen molar-refractivity contribution in [1.82, 2.24) is 4.98 Å². The van der Waals surface area contributed by atoms with Crippen LogP contribution in [0.4, 0.5) is 15.9 Å². The Morgan fingerprint density at radius 2 is 1.86 bits per heavy atom. The van der Waals surface area contributed by atoms with Crippen LogP contribution in [0.2, 0.25) is 0 Å². The first kappa shape index (κ1) is 19.2. The van der Waals surface area contributed by atoms with Gasteiger partial charge in [-0.3, -0.25) is 4.79 Å². The Morgan fingerprint density at radius 3 is 2.54 bits per heavy atom. The number of benzene rings is 2. The molecule has 1 aromatic heterocycles. The molecule has 0 unspecified atom stereocenters. The van der Waals surface area contributed by atoms with E-state index in [-0.39, 0.29) is 5.56 Å². The molecule has 28 heavy (non-hydrogen) atoms. The Morgan fingerprint density at radius 1 is 1.04 bits per heavy atom. The molecule has 2 aromatic carbocycles. The number of hydrogen-bond acceptors (Lipinski definition) is 5. The first-order chi connectivity index (χ1) is 13.6. The van der Waals surface area contributed by atoms with E-state index in [4.69, 9.17) is 9.47 Å². The van der Waals surface area contributed by atoms with Gasteiger partial charge in [-0.15, -0.1) is 0 Å². The molecular weight excluding hydrogens is 361 g/mol. The van der Waals surface area contributed by atoms with Crippen LogP contribution in [0.15, 0.2) is 60.8 Å². The number of pyridine rings is 1. The molecule has 0 fully saturated rings. The van der Waals surface area contributed by atoms with E-state index in [1.54, 1.807) is 32.5 Å². The van der Waals surface area contributed by atoms with E-state index in [9.17, 15) is 9.18 Å². The van der Waals surface area contributed by atoms with Crippen LogP contribution in [0, 0.1) is 5.82 Å². The minimum atomic E-state index is -0.463. The molecular formula is C21H20FN3O3. The van der Waals surface area contributed by atoms with Crippen LogP contribution in [0.1, 0.15) is 15.9 Å². The largest absolute Gasteiger partial charge is 0.493 e. The van der Waals surface area contributed by atoms with Gasteiger partial charge in [-0.1, -0.05) is 12.1 Å². The molecule has 3 rings (SSSR count). The van der Waals surface area contributed by atoms with Crippen molar-refractivity contribution in [3.8, 4) is 11.5 Å². The number of carbonyl (C=O) groups excluding carboxylic acids is 1. The highest BCUT2D eigenvalue weighted by molar-refractivity contribution is 6.03. The van der Waals surface area contributed by atoms with E-state index in [0.717, 1.165) is 11.3 Å². The second-order valence-corrected chi connectivity index (χ2v) is 5.94. The number of anilines is 2. The molecule has 0 radical (unpaired) electrons. The van der Waals surface area contributed by atoms with Crippen molar-refractivity contribution in [2.24, 2.45) is 0 Å². The maximum absolute atomic E-state index is 13.2. The summed E-state index contributed by atoms with van der Waals surface area (Å²) in [5.41, 5.74) is 2.04. The third-order valence-electron chi connectivity index (χ3n) is 4.04. The van der Waals surface area contributed by atoms with Gasteiger partial charge in [0.15, 0.2) is 11.5 Å². The monoisotopic (exact) mass is 381 g/mol. The summed E-state index contributed by atoms with van der Waals surface area (Å²) in [6.45, 7) is 0.567. The van der Waals surface area contributed by atoms with Gasteiger partial charge in [0.05, 0.1) is 26.1 Å². The molecule has 0 atom stereocenters. The summed E-state index contributed by atoms with van der Waals surface area (Å²) < 4.78 is 23.7. The Balaban J connectivity index is 1.59. The van der Waals surface area contributed by atoms with Crippen LogP contribution in [-0.4, -0.2) is 25.1 Å². The van der Waals surface area contributed by atoms with Gasteiger partial charge in [-0.05, 0) is 48.0 Å². The summed E-state index contributed by atoms with van der Waals surface area (Å²) in [5, 5.41) is 5.89. The second kappa shape index (κ2) is 8.85. The number of nitrogens with one attached hydrogen (secondary N) is 2. The maximum Gasteiger partial charge on any atom is 0.256 e. The van der Waals surface area contributed by atoms with E-state index in [0.29, 0.717) is 23.9 Å². The number of carbonyl (C=O) groups is 1. The highest BCUT2D eigenvalue weighted by atomic mass is 19.1. The Labute approximate surface area is 162 Å². The predicted molar refractivity (Wildman–Crippen MR) is 105 cm³/mol. The van der Waals surface area contributed by atoms with E-state index in [1.165, 1.54) is 24.3 Å². The third kappa shape index (κ3) is 4.76. The number of amides is 1. The van der Waals surface area contributed by atoms with Crippen LogP contribution in [-0.2, 0) is 6.54 Å². The lowest BCUT2D eigenvalue weighted by atomic mass is 10.2. The fourth-order valence-electron chi connectivity index (χ4n) is 2.59. The molecule has 0 aliphatic carbocycles. The molecule has 0 saturated carbocycles. The lowest BCUT2D eigenvalue weighted by Gasteiger charge is -2.11. The zero-order valence-electron chi connectivity index (χ0n) is 15.5. The summed E-state index contributed by atoms with van der Waals surface area (Å²) >= 11 is 0. The molecule has 1 amide bonds. The summed E-state index contributed by atoms with van der Waals surface area (Å²) in [6, 6.07) is 14.6. The minimum Gasteiger partial charge on any atom is -0.493 e. The second-order valence-electron chi connectivity index (χ2n) is 5.94. The number of nitrogens with zero attached hydrogens (tertiary/aromatic N) is 1. The van der Waals surface area contributed by atoms with E-state index in [2.05, 4.69) is 15.6 Å². The number of rotatable bonds is 7. The van der Waals surface area contributed by atoms with Crippen LogP contribution in [0.3, 0.4) is 0 Å². The highest BCUT2D eigenvalue weighted by Gasteiger charge is 2.08. The Hall–Kier alpha value is -3.61. The van der Waals surface area contributed by atoms with Crippen LogP contribution >= 0.6 is 0 Å². The molecule has 6 nitrogen and oxygen atoms in total. The number of aromatic nitrogens is 1. The van der Waals surface area contributed by atoms with E-state index >= 15 is 0 Å². The first-order valence-electron chi connectivity index (χ1n) is 8.57. The zero-order valence-corrected chi connectivity index (χ0v) is 15.5. The molecule has 3 aromatic rings. The molecule has 0 saturated heterocycles. The topological polar surface area (TPSA) is 72.5 Å². The van der Waals surface area contributed by atoms with Crippen LogP contribution < -0.4 is 20.1 Å². The van der Waals surface area contributed by atoms with Gasteiger partial charge in [-0.2, -0.15) is 0 Å². The van der Waals surface area contributed by atoms with E-state index < -0.39 is 11.7 Å². The van der Waals surface area contributed by atoms with Gasteiger partial charge in [0.2, 0.25) is 0 Å². The average Bonchev–Trinajstić information content (AvgIpc) is 2.73. The summed E-state index contributed by atoms with van der Waals surface area (Å²) in [7, 11) is 3.19.